The molecule has 6 heteroatoms. The highest BCUT2D eigenvalue weighted by atomic mass is 16.5. The van der Waals surface area contributed by atoms with Crippen LogP contribution >= 0.6 is 0 Å². The molecule has 3 aromatic rings. The van der Waals surface area contributed by atoms with Gasteiger partial charge in [0.2, 0.25) is 0 Å². The molecule has 0 saturated heterocycles. The molecule has 3 heterocycles. The van der Waals surface area contributed by atoms with E-state index in [4.69, 9.17) is 9.78 Å². The van der Waals surface area contributed by atoms with E-state index in [0.717, 1.165) is 0 Å². The second-order valence-electron chi connectivity index (χ2n) is 3.16. The second-order valence-corrected chi connectivity index (χ2v) is 3.16. The lowest BCUT2D eigenvalue weighted by Gasteiger charge is -1.95. The van der Waals surface area contributed by atoms with Gasteiger partial charge in [0.1, 0.15) is 6.26 Å². The van der Waals surface area contributed by atoms with Gasteiger partial charge in [-0.1, -0.05) is 5.16 Å². The monoisotopic (exact) mass is 211 g/mol. The van der Waals surface area contributed by atoms with E-state index in [1.165, 1.54) is 6.26 Å². The molecule has 0 fully saturated rings. The Hall–Kier alpha value is -2.68. The molecule has 0 bridgehead atoms. The molecule has 0 aliphatic rings. The van der Waals surface area contributed by atoms with E-state index in [-0.39, 0.29) is 0 Å². The van der Waals surface area contributed by atoms with Gasteiger partial charge >= 0.3 is 0 Å². The number of nitrogens with zero attached hydrogens (tertiary/aromatic N) is 5. The van der Waals surface area contributed by atoms with Gasteiger partial charge in [-0.2, -0.15) is 5.26 Å². The maximum atomic E-state index is 8.75. The quantitative estimate of drug-likeness (QED) is 0.605. The third-order valence-corrected chi connectivity index (χ3v) is 2.21. The zero-order valence-electron chi connectivity index (χ0n) is 8.03. The van der Waals surface area contributed by atoms with Crippen molar-refractivity contribution in [2.45, 2.75) is 0 Å². The van der Waals surface area contributed by atoms with E-state index in [1.54, 1.807) is 28.8 Å². The maximum Gasteiger partial charge on any atom is 0.190 e. The van der Waals surface area contributed by atoms with Gasteiger partial charge in [-0.15, -0.1) is 10.2 Å². The minimum absolute atomic E-state index is 0.548. The summed E-state index contributed by atoms with van der Waals surface area (Å²) in [6.45, 7) is 0. The van der Waals surface area contributed by atoms with Crippen molar-refractivity contribution >= 4 is 5.65 Å². The zero-order valence-corrected chi connectivity index (χ0v) is 8.03. The van der Waals surface area contributed by atoms with Gasteiger partial charge in [-0.05, 0) is 6.07 Å². The van der Waals surface area contributed by atoms with Crippen LogP contribution in [-0.2, 0) is 0 Å². The highest BCUT2D eigenvalue weighted by Crippen LogP contribution is 2.16. The fourth-order valence-corrected chi connectivity index (χ4v) is 1.46. The van der Waals surface area contributed by atoms with Crippen molar-refractivity contribution in [3.8, 4) is 17.6 Å². The molecule has 0 spiro atoms. The largest absolute Gasteiger partial charge is 0.364 e. The van der Waals surface area contributed by atoms with Gasteiger partial charge in [-0.25, -0.2) is 0 Å². The number of hydrogen-bond acceptors (Lipinski definition) is 5. The van der Waals surface area contributed by atoms with Crippen LogP contribution in [0.3, 0.4) is 0 Å². The topological polar surface area (TPSA) is 80.0 Å². The van der Waals surface area contributed by atoms with Crippen molar-refractivity contribution in [1.82, 2.24) is 19.8 Å². The molecule has 3 rings (SSSR count). The first-order valence-electron chi connectivity index (χ1n) is 4.54. The Morgan fingerprint density at radius 3 is 3.00 bits per heavy atom. The summed E-state index contributed by atoms with van der Waals surface area (Å²) < 4.78 is 6.50. The van der Waals surface area contributed by atoms with E-state index in [1.807, 2.05) is 6.07 Å². The average molecular weight is 211 g/mol. The molecule has 16 heavy (non-hydrogen) atoms. The standard InChI is InChI=1S/C10H5N5O/c11-6-7-1-3-15-9(5-7)12-13-10(15)8-2-4-16-14-8/h1-5H. The molecular weight excluding hydrogens is 206 g/mol. The summed E-state index contributed by atoms with van der Waals surface area (Å²) in [7, 11) is 0. The van der Waals surface area contributed by atoms with E-state index in [2.05, 4.69) is 15.4 Å². The van der Waals surface area contributed by atoms with Crippen LogP contribution in [0.15, 0.2) is 35.2 Å². The molecule has 0 saturated carbocycles. The molecule has 0 radical (unpaired) electrons. The molecule has 0 N–H and O–H groups in total. The van der Waals surface area contributed by atoms with Crippen molar-refractivity contribution in [2.75, 3.05) is 0 Å². The number of hydrogen-bond donors (Lipinski definition) is 0. The minimum Gasteiger partial charge on any atom is -0.364 e. The van der Waals surface area contributed by atoms with Crippen molar-refractivity contribution in [2.24, 2.45) is 0 Å². The summed E-state index contributed by atoms with van der Waals surface area (Å²) in [6.07, 6.45) is 3.21. The van der Waals surface area contributed by atoms with Crippen molar-refractivity contribution in [1.29, 1.82) is 5.26 Å². The van der Waals surface area contributed by atoms with Crippen LogP contribution in [0.4, 0.5) is 0 Å². The number of rotatable bonds is 1. The molecule has 0 atom stereocenters. The van der Waals surface area contributed by atoms with Crippen molar-refractivity contribution in [3.63, 3.8) is 0 Å². The molecule has 76 valence electrons. The lowest BCUT2D eigenvalue weighted by molar-refractivity contribution is 0.421. The van der Waals surface area contributed by atoms with Crippen LogP contribution in [-0.4, -0.2) is 19.8 Å². The molecule has 0 aromatic carbocycles. The Balaban J connectivity index is 2.26. The average Bonchev–Trinajstić information content (AvgIpc) is 2.96. The van der Waals surface area contributed by atoms with Crippen LogP contribution in [0, 0.1) is 11.3 Å². The summed E-state index contributed by atoms with van der Waals surface area (Å²) in [5.74, 6) is 0.591. The molecular formula is C10H5N5O. The predicted octanol–water partition coefficient (Wildman–Crippen LogP) is 1.26. The third-order valence-electron chi connectivity index (χ3n) is 2.21. The van der Waals surface area contributed by atoms with E-state index in [9.17, 15) is 0 Å². The predicted molar refractivity (Wildman–Crippen MR) is 53.2 cm³/mol. The number of pyridine rings is 1. The Kier molecular flexibility index (Phi) is 1.71. The number of aromatic nitrogens is 4. The fraction of sp³-hybridized carbons (Fsp3) is 0. The zero-order chi connectivity index (χ0) is 11.0. The van der Waals surface area contributed by atoms with Crippen LogP contribution in [0.5, 0.6) is 0 Å². The SMILES string of the molecule is N#Cc1ccn2c(-c3ccon3)nnc2c1. The second kappa shape index (κ2) is 3.17. The van der Waals surface area contributed by atoms with Crippen LogP contribution < -0.4 is 0 Å². The first kappa shape index (κ1) is 8.61. The first-order chi connectivity index (χ1) is 7.88. The van der Waals surface area contributed by atoms with Gasteiger partial charge in [0.15, 0.2) is 17.2 Å². The summed E-state index contributed by atoms with van der Waals surface area (Å²) >= 11 is 0. The van der Waals surface area contributed by atoms with Gasteiger partial charge in [-0.3, -0.25) is 4.40 Å². The number of fused-ring (bicyclic) bond motifs is 1. The lowest BCUT2D eigenvalue weighted by atomic mass is 10.3. The fourth-order valence-electron chi connectivity index (χ4n) is 1.46. The molecule has 3 aromatic heterocycles. The summed E-state index contributed by atoms with van der Waals surface area (Å²) in [4.78, 5) is 0. The van der Waals surface area contributed by atoms with Gasteiger partial charge in [0.05, 0.1) is 11.6 Å². The molecule has 0 aliphatic carbocycles. The summed E-state index contributed by atoms with van der Waals surface area (Å²) in [5.41, 5.74) is 1.76. The Labute approximate surface area is 89.7 Å². The first-order valence-corrected chi connectivity index (χ1v) is 4.54. The molecule has 0 aliphatic heterocycles. The van der Waals surface area contributed by atoms with E-state index < -0.39 is 0 Å². The summed E-state index contributed by atoms with van der Waals surface area (Å²) in [6, 6.07) is 7.11. The Morgan fingerprint density at radius 2 is 2.25 bits per heavy atom. The van der Waals surface area contributed by atoms with Gasteiger partial charge in [0, 0.05) is 18.3 Å². The van der Waals surface area contributed by atoms with E-state index >= 15 is 0 Å². The Bertz CT molecular complexity index is 677. The molecule has 0 amide bonds. The van der Waals surface area contributed by atoms with Crippen molar-refractivity contribution in [3.05, 3.63) is 36.2 Å². The Morgan fingerprint density at radius 1 is 1.31 bits per heavy atom. The van der Waals surface area contributed by atoms with Crippen LogP contribution in [0.1, 0.15) is 5.56 Å². The normalized spacial score (nSPS) is 10.4. The molecule has 0 unspecified atom stereocenters. The smallest absolute Gasteiger partial charge is 0.190 e. The minimum atomic E-state index is 0.548. The third kappa shape index (κ3) is 1.15. The van der Waals surface area contributed by atoms with Gasteiger partial charge in [0.25, 0.3) is 0 Å². The number of nitriles is 1. The lowest BCUT2D eigenvalue weighted by Crippen LogP contribution is -1.89. The molecule has 6 nitrogen and oxygen atoms in total. The van der Waals surface area contributed by atoms with Crippen LogP contribution in [0.25, 0.3) is 17.2 Å². The highest BCUT2D eigenvalue weighted by molar-refractivity contribution is 5.56. The van der Waals surface area contributed by atoms with Crippen molar-refractivity contribution < 1.29 is 4.52 Å². The maximum absolute atomic E-state index is 8.75. The highest BCUT2D eigenvalue weighted by Gasteiger charge is 2.10. The van der Waals surface area contributed by atoms with Crippen LogP contribution in [0.2, 0.25) is 0 Å². The summed E-state index contributed by atoms with van der Waals surface area (Å²) in [5, 5.41) is 20.5. The van der Waals surface area contributed by atoms with Gasteiger partial charge < -0.3 is 4.52 Å². The van der Waals surface area contributed by atoms with E-state index in [0.29, 0.717) is 22.7 Å².